The van der Waals surface area contributed by atoms with Crippen LogP contribution in [0.15, 0.2) is 34.9 Å². The molecule has 0 bridgehead atoms. The highest BCUT2D eigenvalue weighted by molar-refractivity contribution is 5.62. The zero-order chi connectivity index (χ0) is 11.7. The third kappa shape index (κ3) is 2.17. The van der Waals surface area contributed by atoms with Gasteiger partial charge >= 0.3 is 0 Å². The smallest absolute Gasteiger partial charge is 0.257 e. The summed E-state index contributed by atoms with van der Waals surface area (Å²) in [5, 5.41) is 3.94. The number of epoxide rings is 1. The number of ether oxygens (including phenoxy) is 2. The number of aromatic nitrogens is 1. The van der Waals surface area contributed by atoms with Gasteiger partial charge in [0.25, 0.3) is 5.88 Å². The van der Waals surface area contributed by atoms with Crippen molar-refractivity contribution in [3.05, 3.63) is 35.9 Å². The van der Waals surface area contributed by atoms with Gasteiger partial charge in [0.2, 0.25) is 0 Å². The van der Waals surface area contributed by atoms with E-state index in [1.807, 2.05) is 37.3 Å². The number of hydrogen-bond donors (Lipinski definition) is 0. The fourth-order valence-electron chi connectivity index (χ4n) is 1.65. The highest BCUT2D eigenvalue weighted by Crippen LogP contribution is 2.29. The predicted molar refractivity (Wildman–Crippen MR) is 61.9 cm³/mol. The van der Waals surface area contributed by atoms with E-state index in [4.69, 9.17) is 14.0 Å². The lowest BCUT2D eigenvalue weighted by Crippen LogP contribution is -2.04. The van der Waals surface area contributed by atoms with Crippen LogP contribution in [0.25, 0.3) is 11.3 Å². The van der Waals surface area contributed by atoms with Crippen LogP contribution in [0.1, 0.15) is 5.56 Å². The molecule has 1 saturated heterocycles. The molecule has 1 aliphatic heterocycles. The molecule has 17 heavy (non-hydrogen) atoms. The summed E-state index contributed by atoms with van der Waals surface area (Å²) in [5.74, 6) is 1.32. The van der Waals surface area contributed by atoms with Crippen molar-refractivity contribution in [2.75, 3.05) is 13.2 Å². The van der Waals surface area contributed by atoms with E-state index in [-0.39, 0.29) is 6.10 Å². The van der Waals surface area contributed by atoms with Crippen LogP contribution in [-0.2, 0) is 4.74 Å². The van der Waals surface area contributed by atoms with Crippen LogP contribution in [0.3, 0.4) is 0 Å². The molecule has 1 fully saturated rings. The Kier molecular flexibility index (Phi) is 2.57. The Balaban J connectivity index is 1.81. The molecule has 1 aliphatic rings. The maximum absolute atomic E-state index is 5.53. The zero-order valence-electron chi connectivity index (χ0n) is 9.55. The van der Waals surface area contributed by atoms with E-state index < -0.39 is 0 Å². The summed E-state index contributed by atoms with van der Waals surface area (Å²) in [6, 6.07) is 9.88. The van der Waals surface area contributed by atoms with E-state index in [0.717, 1.165) is 23.5 Å². The van der Waals surface area contributed by atoms with Crippen molar-refractivity contribution >= 4 is 0 Å². The van der Waals surface area contributed by atoms with Crippen LogP contribution < -0.4 is 4.74 Å². The van der Waals surface area contributed by atoms with Crippen LogP contribution >= 0.6 is 0 Å². The quantitative estimate of drug-likeness (QED) is 0.758. The molecule has 2 heterocycles. The molecule has 3 rings (SSSR count). The first-order chi connectivity index (χ1) is 8.34. The van der Waals surface area contributed by atoms with E-state index >= 15 is 0 Å². The van der Waals surface area contributed by atoms with E-state index in [9.17, 15) is 0 Å². The monoisotopic (exact) mass is 231 g/mol. The first-order valence-corrected chi connectivity index (χ1v) is 5.60. The standard InChI is InChI=1S/C13H13NO3/c1-9-12(10-5-3-2-4-6-10)17-14-13(9)16-8-11-7-15-11/h2-6,11H,7-8H2,1H3. The van der Waals surface area contributed by atoms with E-state index in [1.54, 1.807) is 0 Å². The summed E-state index contributed by atoms with van der Waals surface area (Å²) >= 11 is 0. The normalized spacial score (nSPS) is 18.1. The first kappa shape index (κ1) is 10.4. The zero-order valence-corrected chi connectivity index (χ0v) is 9.55. The van der Waals surface area contributed by atoms with E-state index in [2.05, 4.69) is 5.16 Å². The topological polar surface area (TPSA) is 47.8 Å². The van der Waals surface area contributed by atoms with E-state index in [0.29, 0.717) is 12.5 Å². The molecule has 0 radical (unpaired) electrons. The molecule has 2 aromatic rings. The second kappa shape index (κ2) is 4.22. The lowest BCUT2D eigenvalue weighted by molar-refractivity contribution is 0.241. The molecule has 1 aromatic carbocycles. The summed E-state index contributed by atoms with van der Waals surface area (Å²) < 4.78 is 15.9. The maximum atomic E-state index is 5.53. The largest absolute Gasteiger partial charge is 0.472 e. The molecule has 4 heteroatoms. The average molecular weight is 231 g/mol. The van der Waals surface area contributed by atoms with Crippen molar-refractivity contribution in [2.24, 2.45) is 0 Å². The van der Waals surface area contributed by atoms with Gasteiger partial charge in [-0.25, -0.2) is 0 Å². The van der Waals surface area contributed by atoms with Gasteiger partial charge in [0, 0.05) is 5.56 Å². The Morgan fingerprint density at radius 2 is 2.12 bits per heavy atom. The minimum absolute atomic E-state index is 0.228. The molecule has 0 amide bonds. The highest BCUT2D eigenvalue weighted by Gasteiger charge is 2.24. The Morgan fingerprint density at radius 1 is 1.35 bits per heavy atom. The number of benzene rings is 1. The van der Waals surface area contributed by atoms with Gasteiger partial charge < -0.3 is 14.0 Å². The van der Waals surface area contributed by atoms with Crippen LogP contribution in [0.2, 0.25) is 0 Å². The molecule has 1 unspecified atom stereocenters. The minimum atomic E-state index is 0.228. The summed E-state index contributed by atoms with van der Waals surface area (Å²) in [4.78, 5) is 0. The lowest BCUT2D eigenvalue weighted by Gasteiger charge is -2.00. The van der Waals surface area contributed by atoms with Crippen LogP contribution in [0.4, 0.5) is 0 Å². The fourth-order valence-corrected chi connectivity index (χ4v) is 1.65. The lowest BCUT2D eigenvalue weighted by atomic mass is 10.1. The second-order valence-electron chi connectivity index (χ2n) is 4.07. The summed E-state index contributed by atoms with van der Waals surface area (Å²) in [5.41, 5.74) is 1.94. The maximum Gasteiger partial charge on any atom is 0.257 e. The Morgan fingerprint density at radius 3 is 2.82 bits per heavy atom. The first-order valence-electron chi connectivity index (χ1n) is 5.60. The highest BCUT2D eigenvalue weighted by atomic mass is 16.6. The minimum Gasteiger partial charge on any atom is -0.472 e. The molecule has 0 saturated carbocycles. The van der Waals surface area contributed by atoms with Gasteiger partial charge in [-0.2, -0.15) is 0 Å². The average Bonchev–Trinajstić information content (AvgIpc) is 3.12. The van der Waals surface area contributed by atoms with Crippen molar-refractivity contribution in [3.8, 4) is 17.2 Å². The molecule has 1 aromatic heterocycles. The fraction of sp³-hybridized carbons (Fsp3) is 0.308. The summed E-state index contributed by atoms with van der Waals surface area (Å²) in [6.07, 6.45) is 0.228. The van der Waals surface area contributed by atoms with Crippen molar-refractivity contribution in [3.63, 3.8) is 0 Å². The molecule has 0 N–H and O–H groups in total. The molecular weight excluding hydrogens is 218 g/mol. The number of nitrogens with zero attached hydrogens (tertiary/aromatic N) is 1. The van der Waals surface area contributed by atoms with Crippen molar-refractivity contribution in [2.45, 2.75) is 13.0 Å². The van der Waals surface area contributed by atoms with Crippen LogP contribution in [0.5, 0.6) is 5.88 Å². The number of rotatable bonds is 4. The molecule has 4 nitrogen and oxygen atoms in total. The third-order valence-electron chi connectivity index (χ3n) is 2.73. The van der Waals surface area contributed by atoms with Crippen LogP contribution in [-0.4, -0.2) is 24.5 Å². The van der Waals surface area contributed by atoms with Crippen molar-refractivity contribution in [1.82, 2.24) is 5.16 Å². The molecule has 0 spiro atoms. The molecule has 0 aliphatic carbocycles. The van der Waals surface area contributed by atoms with Gasteiger partial charge in [-0.05, 0) is 12.1 Å². The van der Waals surface area contributed by atoms with Gasteiger partial charge in [-0.3, -0.25) is 0 Å². The van der Waals surface area contributed by atoms with Crippen LogP contribution in [0, 0.1) is 6.92 Å². The number of hydrogen-bond acceptors (Lipinski definition) is 4. The van der Waals surface area contributed by atoms with Crippen molar-refractivity contribution < 1.29 is 14.0 Å². The van der Waals surface area contributed by atoms with Gasteiger partial charge in [-0.15, -0.1) is 0 Å². The SMILES string of the molecule is Cc1c(OCC2CO2)noc1-c1ccccc1. The third-order valence-corrected chi connectivity index (χ3v) is 2.73. The summed E-state index contributed by atoms with van der Waals surface area (Å²) in [6.45, 7) is 3.27. The second-order valence-corrected chi connectivity index (χ2v) is 4.07. The van der Waals surface area contributed by atoms with Crippen molar-refractivity contribution in [1.29, 1.82) is 0 Å². The van der Waals surface area contributed by atoms with Gasteiger partial charge in [-0.1, -0.05) is 30.3 Å². The molecular formula is C13H13NO3. The van der Waals surface area contributed by atoms with Gasteiger partial charge in [0.15, 0.2) is 5.76 Å². The summed E-state index contributed by atoms with van der Waals surface area (Å²) in [7, 11) is 0. The predicted octanol–water partition coefficient (Wildman–Crippen LogP) is 2.43. The Bertz CT molecular complexity index is 503. The molecule has 1 atom stereocenters. The Labute approximate surface area is 99.1 Å². The van der Waals surface area contributed by atoms with Gasteiger partial charge in [0.05, 0.1) is 12.2 Å². The van der Waals surface area contributed by atoms with Gasteiger partial charge in [0.1, 0.15) is 12.7 Å². The molecule has 88 valence electrons. The van der Waals surface area contributed by atoms with E-state index in [1.165, 1.54) is 0 Å². The Hall–Kier alpha value is -1.81.